The van der Waals surface area contributed by atoms with Crippen molar-refractivity contribution in [3.63, 3.8) is 0 Å². The zero-order valence-electron chi connectivity index (χ0n) is 15.3. The highest BCUT2D eigenvalue weighted by Crippen LogP contribution is 2.35. The SMILES string of the molecule is C[C@@]1(c2ccc3ccccc3c2)NC(=O)N(CC(=O)NC2(C(N)=O)CC2)C1=O. The molecule has 28 heavy (non-hydrogen) atoms. The molecule has 144 valence electrons. The van der Waals surface area contributed by atoms with E-state index in [-0.39, 0.29) is 0 Å². The van der Waals surface area contributed by atoms with Crippen LogP contribution in [-0.2, 0) is 19.9 Å². The summed E-state index contributed by atoms with van der Waals surface area (Å²) in [4.78, 5) is 50.0. The van der Waals surface area contributed by atoms with E-state index in [0.29, 0.717) is 18.4 Å². The highest BCUT2D eigenvalue weighted by molar-refractivity contribution is 6.09. The second-order valence-corrected chi connectivity index (χ2v) is 7.50. The first-order valence-corrected chi connectivity index (χ1v) is 8.99. The molecule has 1 saturated heterocycles. The first-order valence-electron chi connectivity index (χ1n) is 8.99. The Morgan fingerprint density at radius 2 is 1.82 bits per heavy atom. The Morgan fingerprint density at radius 1 is 1.14 bits per heavy atom. The van der Waals surface area contributed by atoms with Crippen molar-refractivity contribution in [1.29, 1.82) is 0 Å². The fourth-order valence-corrected chi connectivity index (χ4v) is 3.54. The number of urea groups is 1. The van der Waals surface area contributed by atoms with E-state index in [1.165, 1.54) is 0 Å². The molecular weight excluding hydrogens is 360 g/mol. The van der Waals surface area contributed by atoms with E-state index in [4.69, 9.17) is 5.73 Å². The molecule has 0 aromatic heterocycles. The lowest BCUT2D eigenvalue weighted by Crippen LogP contribution is -2.51. The van der Waals surface area contributed by atoms with E-state index in [0.717, 1.165) is 15.7 Å². The third kappa shape index (κ3) is 2.77. The van der Waals surface area contributed by atoms with Crippen LogP contribution < -0.4 is 16.4 Å². The second kappa shape index (κ2) is 6.05. The van der Waals surface area contributed by atoms with Crippen molar-refractivity contribution in [1.82, 2.24) is 15.5 Å². The molecule has 1 saturated carbocycles. The summed E-state index contributed by atoms with van der Waals surface area (Å²) in [7, 11) is 0. The molecule has 2 fully saturated rings. The summed E-state index contributed by atoms with van der Waals surface area (Å²) in [6.45, 7) is 1.14. The van der Waals surface area contributed by atoms with E-state index >= 15 is 0 Å². The summed E-state index contributed by atoms with van der Waals surface area (Å²) in [5.41, 5.74) is 3.60. The summed E-state index contributed by atoms with van der Waals surface area (Å²) in [5, 5.41) is 7.18. The van der Waals surface area contributed by atoms with Crippen LogP contribution in [0.1, 0.15) is 25.3 Å². The smallest absolute Gasteiger partial charge is 0.325 e. The highest BCUT2D eigenvalue weighted by Gasteiger charge is 2.52. The molecule has 0 bridgehead atoms. The number of rotatable bonds is 5. The normalized spacial score (nSPS) is 22.8. The molecule has 1 aliphatic carbocycles. The van der Waals surface area contributed by atoms with E-state index in [1.807, 2.05) is 36.4 Å². The summed E-state index contributed by atoms with van der Waals surface area (Å²) >= 11 is 0. The Labute approximate surface area is 161 Å². The molecule has 0 unspecified atom stereocenters. The van der Waals surface area contributed by atoms with Crippen molar-refractivity contribution in [2.24, 2.45) is 5.73 Å². The Morgan fingerprint density at radius 3 is 2.46 bits per heavy atom. The second-order valence-electron chi connectivity index (χ2n) is 7.50. The minimum Gasteiger partial charge on any atom is -0.368 e. The van der Waals surface area contributed by atoms with E-state index in [2.05, 4.69) is 10.6 Å². The van der Waals surface area contributed by atoms with Gasteiger partial charge in [-0.3, -0.25) is 19.3 Å². The summed E-state index contributed by atoms with van der Waals surface area (Å²) in [6.07, 6.45) is 0.923. The molecule has 0 spiro atoms. The first-order chi connectivity index (χ1) is 13.2. The lowest BCUT2D eigenvalue weighted by atomic mass is 9.90. The van der Waals surface area contributed by atoms with Gasteiger partial charge < -0.3 is 16.4 Å². The monoisotopic (exact) mass is 380 g/mol. The van der Waals surface area contributed by atoms with Crippen molar-refractivity contribution >= 4 is 34.5 Å². The minimum absolute atomic E-state index is 0.461. The fraction of sp³-hybridized carbons (Fsp3) is 0.300. The van der Waals surface area contributed by atoms with Gasteiger partial charge >= 0.3 is 6.03 Å². The molecule has 2 aromatic rings. The zero-order valence-corrected chi connectivity index (χ0v) is 15.3. The van der Waals surface area contributed by atoms with Gasteiger partial charge in [0.2, 0.25) is 11.8 Å². The average Bonchev–Trinajstić information content (AvgIpc) is 3.41. The molecule has 4 N–H and O–H groups in total. The lowest BCUT2D eigenvalue weighted by Gasteiger charge is -2.23. The van der Waals surface area contributed by atoms with Crippen LogP contribution in [0.5, 0.6) is 0 Å². The van der Waals surface area contributed by atoms with E-state index < -0.39 is 41.4 Å². The van der Waals surface area contributed by atoms with Crippen molar-refractivity contribution in [3.8, 4) is 0 Å². The topological polar surface area (TPSA) is 122 Å². The van der Waals surface area contributed by atoms with Gasteiger partial charge in [0, 0.05) is 0 Å². The van der Waals surface area contributed by atoms with Gasteiger partial charge in [0.15, 0.2) is 0 Å². The number of nitrogens with zero attached hydrogens (tertiary/aromatic N) is 1. The number of amides is 5. The van der Waals surface area contributed by atoms with Crippen LogP contribution in [0.3, 0.4) is 0 Å². The van der Waals surface area contributed by atoms with Crippen molar-refractivity contribution in [2.45, 2.75) is 30.8 Å². The minimum atomic E-state index is -1.28. The van der Waals surface area contributed by atoms with Gasteiger partial charge in [0.25, 0.3) is 5.91 Å². The van der Waals surface area contributed by atoms with Crippen molar-refractivity contribution in [2.75, 3.05) is 6.54 Å². The maximum absolute atomic E-state index is 13.0. The van der Waals surface area contributed by atoms with Crippen LogP contribution in [0.15, 0.2) is 42.5 Å². The van der Waals surface area contributed by atoms with Crippen LogP contribution in [-0.4, -0.2) is 40.7 Å². The largest absolute Gasteiger partial charge is 0.368 e. The standard InChI is InChI=1S/C20H20N4O4/c1-19(14-7-6-12-4-2-3-5-13(12)10-14)17(27)24(18(28)23-19)11-15(25)22-20(8-9-20)16(21)26/h2-7,10H,8-9,11H2,1H3,(H2,21,26)(H,22,25)(H,23,28)/t19-/m0/s1. The quantitative estimate of drug-likeness (QED) is 0.662. The van der Waals surface area contributed by atoms with E-state index in [1.54, 1.807) is 13.0 Å². The van der Waals surface area contributed by atoms with Gasteiger partial charge in [-0.2, -0.15) is 0 Å². The summed E-state index contributed by atoms with van der Waals surface area (Å²) in [5.74, 6) is -1.73. The molecule has 5 amide bonds. The third-order valence-corrected chi connectivity index (χ3v) is 5.50. The maximum atomic E-state index is 13.0. The van der Waals surface area contributed by atoms with Crippen LogP contribution in [0, 0.1) is 0 Å². The average molecular weight is 380 g/mol. The number of hydrogen-bond acceptors (Lipinski definition) is 4. The third-order valence-electron chi connectivity index (χ3n) is 5.50. The number of nitrogens with two attached hydrogens (primary N) is 1. The number of hydrogen-bond donors (Lipinski definition) is 3. The van der Waals surface area contributed by atoms with Crippen LogP contribution in [0.2, 0.25) is 0 Å². The van der Waals surface area contributed by atoms with Crippen molar-refractivity contribution < 1.29 is 19.2 Å². The molecule has 1 heterocycles. The maximum Gasteiger partial charge on any atom is 0.325 e. The molecule has 1 aliphatic heterocycles. The van der Waals surface area contributed by atoms with Gasteiger partial charge in [-0.1, -0.05) is 36.4 Å². The van der Waals surface area contributed by atoms with Gasteiger partial charge in [0.05, 0.1) is 0 Å². The Hall–Kier alpha value is -3.42. The van der Waals surface area contributed by atoms with Crippen LogP contribution in [0.25, 0.3) is 10.8 Å². The molecule has 2 aromatic carbocycles. The predicted molar refractivity (Wildman–Crippen MR) is 101 cm³/mol. The molecule has 8 heteroatoms. The van der Waals surface area contributed by atoms with Gasteiger partial charge in [0.1, 0.15) is 17.6 Å². The summed E-state index contributed by atoms with van der Waals surface area (Å²) < 4.78 is 0. The number of primary amides is 1. The number of carbonyl (C=O) groups is 4. The van der Waals surface area contributed by atoms with Crippen molar-refractivity contribution in [3.05, 3.63) is 48.0 Å². The van der Waals surface area contributed by atoms with Gasteiger partial charge in [-0.15, -0.1) is 0 Å². The Balaban J connectivity index is 1.55. The molecule has 1 atom stereocenters. The predicted octanol–water partition coefficient (Wildman–Crippen LogP) is 0.741. The summed E-state index contributed by atoms with van der Waals surface area (Å²) in [6, 6.07) is 12.6. The molecular formula is C20H20N4O4. The molecule has 2 aliphatic rings. The van der Waals surface area contributed by atoms with Gasteiger partial charge in [-0.05, 0) is 42.2 Å². The highest BCUT2D eigenvalue weighted by atomic mass is 16.2. The number of fused-ring (bicyclic) bond motifs is 1. The molecule has 8 nitrogen and oxygen atoms in total. The lowest BCUT2D eigenvalue weighted by molar-refractivity contribution is -0.135. The number of imide groups is 1. The zero-order chi connectivity index (χ0) is 20.1. The fourth-order valence-electron chi connectivity index (χ4n) is 3.54. The number of nitrogens with one attached hydrogen (secondary N) is 2. The Bertz CT molecular complexity index is 1030. The van der Waals surface area contributed by atoms with Gasteiger partial charge in [-0.25, -0.2) is 4.79 Å². The van der Waals surface area contributed by atoms with Crippen LogP contribution in [0.4, 0.5) is 4.79 Å². The van der Waals surface area contributed by atoms with Crippen LogP contribution >= 0.6 is 0 Å². The Kier molecular flexibility index (Phi) is 3.88. The number of carbonyl (C=O) groups excluding carboxylic acids is 4. The first kappa shape index (κ1) is 18.0. The molecule has 0 radical (unpaired) electrons. The molecule has 4 rings (SSSR count). The van der Waals surface area contributed by atoms with E-state index in [9.17, 15) is 19.2 Å². The number of benzene rings is 2.